The van der Waals surface area contributed by atoms with E-state index < -0.39 is 0 Å². The largest absolute Gasteiger partial charge is 0.369 e. The molecule has 0 fully saturated rings. The highest BCUT2D eigenvalue weighted by molar-refractivity contribution is 9.10. The third-order valence-electron chi connectivity index (χ3n) is 2.91. The van der Waals surface area contributed by atoms with Crippen LogP contribution in [0.3, 0.4) is 0 Å². The molecule has 0 aromatic carbocycles. The fraction of sp³-hybridized carbons (Fsp3) is 0.533. The van der Waals surface area contributed by atoms with Gasteiger partial charge in [0.1, 0.15) is 11.5 Å². The summed E-state index contributed by atoms with van der Waals surface area (Å²) in [5.41, 5.74) is 1.90. The van der Waals surface area contributed by atoms with E-state index in [1.54, 1.807) is 11.3 Å². The monoisotopic (exact) mass is 368 g/mol. The van der Waals surface area contributed by atoms with E-state index in [2.05, 4.69) is 52.0 Å². The molecule has 6 heteroatoms. The van der Waals surface area contributed by atoms with Crippen molar-refractivity contribution >= 4 is 33.1 Å². The molecule has 2 aromatic rings. The molecule has 1 N–H and O–H groups in total. The van der Waals surface area contributed by atoms with Crippen LogP contribution in [0.5, 0.6) is 0 Å². The maximum absolute atomic E-state index is 4.71. The van der Waals surface area contributed by atoms with Gasteiger partial charge in [0.05, 0.1) is 15.2 Å². The molecule has 0 aliphatic heterocycles. The summed E-state index contributed by atoms with van der Waals surface area (Å²) in [5, 5.41) is 6.42. The fourth-order valence-corrected chi connectivity index (χ4v) is 3.03. The zero-order valence-electron chi connectivity index (χ0n) is 12.9. The van der Waals surface area contributed by atoms with Crippen molar-refractivity contribution in [3.05, 3.63) is 20.6 Å². The summed E-state index contributed by atoms with van der Waals surface area (Å²) in [5.74, 6) is 2.11. The molecule has 21 heavy (non-hydrogen) atoms. The summed E-state index contributed by atoms with van der Waals surface area (Å²) in [6.45, 7) is 9.42. The number of aryl methyl sites for hydroxylation is 1. The van der Waals surface area contributed by atoms with Gasteiger partial charge in [-0.2, -0.15) is 0 Å². The number of nitrogens with one attached hydrogen (secondary N) is 1. The summed E-state index contributed by atoms with van der Waals surface area (Å²) < 4.78 is 0.973. The molecule has 2 heterocycles. The minimum Gasteiger partial charge on any atom is -0.369 e. The van der Waals surface area contributed by atoms with Gasteiger partial charge < -0.3 is 5.32 Å². The lowest BCUT2D eigenvalue weighted by molar-refractivity contribution is 0.632. The summed E-state index contributed by atoms with van der Waals surface area (Å²) in [6.07, 6.45) is 1.97. The van der Waals surface area contributed by atoms with Crippen LogP contribution >= 0.6 is 27.3 Å². The number of rotatable bonds is 6. The van der Waals surface area contributed by atoms with Crippen molar-refractivity contribution in [1.82, 2.24) is 15.0 Å². The van der Waals surface area contributed by atoms with Crippen molar-refractivity contribution in [2.24, 2.45) is 5.92 Å². The third-order valence-corrected chi connectivity index (χ3v) is 4.52. The van der Waals surface area contributed by atoms with Gasteiger partial charge in [0.15, 0.2) is 5.82 Å². The Hall–Kier alpha value is -1.01. The van der Waals surface area contributed by atoms with Crippen molar-refractivity contribution in [2.75, 3.05) is 11.9 Å². The van der Waals surface area contributed by atoms with E-state index >= 15 is 0 Å². The van der Waals surface area contributed by atoms with Crippen LogP contribution in [0, 0.1) is 12.8 Å². The first-order valence-corrected chi connectivity index (χ1v) is 8.91. The Balaban J connectivity index is 2.44. The zero-order chi connectivity index (χ0) is 15.4. The molecule has 0 aliphatic carbocycles. The highest BCUT2D eigenvalue weighted by atomic mass is 79.9. The molecule has 0 unspecified atom stereocenters. The second kappa shape index (κ2) is 7.31. The first-order valence-electron chi connectivity index (χ1n) is 7.24. The lowest BCUT2D eigenvalue weighted by Crippen LogP contribution is -2.09. The van der Waals surface area contributed by atoms with E-state index in [1.165, 1.54) is 0 Å². The van der Waals surface area contributed by atoms with E-state index in [1.807, 2.05) is 12.3 Å². The number of nitrogens with zero attached hydrogens (tertiary/aromatic N) is 3. The quantitative estimate of drug-likeness (QED) is 0.803. The maximum Gasteiger partial charge on any atom is 0.181 e. The van der Waals surface area contributed by atoms with Crippen LogP contribution < -0.4 is 5.32 Å². The van der Waals surface area contributed by atoms with Crippen LogP contribution in [0.25, 0.3) is 11.5 Å². The topological polar surface area (TPSA) is 50.7 Å². The Kier molecular flexibility index (Phi) is 5.70. The minimum absolute atomic E-state index is 0.542. The van der Waals surface area contributed by atoms with Gasteiger partial charge in [0.25, 0.3) is 0 Å². The normalized spacial score (nSPS) is 11.1. The lowest BCUT2D eigenvalue weighted by Gasteiger charge is -2.13. The predicted octanol–water partition coefficient (Wildman–Crippen LogP) is 4.69. The highest BCUT2D eigenvalue weighted by Gasteiger charge is 2.15. The van der Waals surface area contributed by atoms with E-state index in [-0.39, 0.29) is 0 Å². The molecule has 0 bridgehead atoms. The molecule has 0 radical (unpaired) electrons. The summed E-state index contributed by atoms with van der Waals surface area (Å²) >= 11 is 5.27. The summed E-state index contributed by atoms with van der Waals surface area (Å²) in [7, 11) is 0. The molecule has 4 nitrogen and oxygen atoms in total. The van der Waals surface area contributed by atoms with Gasteiger partial charge >= 0.3 is 0 Å². The smallest absolute Gasteiger partial charge is 0.181 e. The molecular weight excluding hydrogens is 348 g/mol. The molecule has 114 valence electrons. The number of anilines is 1. The Morgan fingerprint density at radius 3 is 2.62 bits per heavy atom. The molecule has 0 aliphatic rings. The van der Waals surface area contributed by atoms with Gasteiger partial charge in [-0.1, -0.05) is 20.8 Å². The van der Waals surface area contributed by atoms with E-state index in [0.717, 1.165) is 46.1 Å². The number of aromatic nitrogens is 3. The Bertz CT molecular complexity index is 610. The van der Waals surface area contributed by atoms with Crippen LogP contribution in [-0.4, -0.2) is 21.5 Å². The van der Waals surface area contributed by atoms with E-state index in [9.17, 15) is 0 Å². The van der Waals surface area contributed by atoms with Crippen LogP contribution in [0.4, 0.5) is 5.82 Å². The van der Waals surface area contributed by atoms with Crippen molar-refractivity contribution < 1.29 is 0 Å². The number of hydrogen-bond donors (Lipinski definition) is 1. The molecular formula is C15H21BrN4S. The molecule has 2 aromatic heterocycles. The van der Waals surface area contributed by atoms with Gasteiger partial charge in [-0.05, 0) is 41.6 Å². The first kappa shape index (κ1) is 16.4. The van der Waals surface area contributed by atoms with Crippen LogP contribution in [0.1, 0.15) is 37.9 Å². The minimum atomic E-state index is 0.542. The van der Waals surface area contributed by atoms with Crippen molar-refractivity contribution in [3.8, 4) is 11.5 Å². The van der Waals surface area contributed by atoms with Gasteiger partial charge in [0, 0.05) is 11.9 Å². The van der Waals surface area contributed by atoms with Gasteiger partial charge in [-0.15, -0.1) is 11.3 Å². The number of thiazole rings is 1. The SMILES string of the molecule is CCCNc1nc(-c2csc(C)n2)nc(CC(C)C)c1Br. The zero-order valence-corrected chi connectivity index (χ0v) is 15.3. The fourth-order valence-electron chi connectivity index (χ4n) is 1.96. The van der Waals surface area contributed by atoms with Gasteiger partial charge in [-0.25, -0.2) is 15.0 Å². The predicted molar refractivity (Wildman–Crippen MR) is 92.9 cm³/mol. The second-order valence-electron chi connectivity index (χ2n) is 5.43. The number of halogens is 1. The van der Waals surface area contributed by atoms with Crippen molar-refractivity contribution in [3.63, 3.8) is 0 Å². The summed E-state index contributed by atoms with van der Waals surface area (Å²) in [6, 6.07) is 0. The third kappa shape index (κ3) is 4.23. The van der Waals surface area contributed by atoms with Crippen LogP contribution in [0.2, 0.25) is 0 Å². The molecule has 0 spiro atoms. The van der Waals surface area contributed by atoms with Crippen molar-refractivity contribution in [1.29, 1.82) is 0 Å². The van der Waals surface area contributed by atoms with Gasteiger partial charge in [0.2, 0.25) is 0 Å². The first-order chi connectivity index (χ1) is 10.0. The second-order valence-corrected chi connectivity index (χ2v) is 7.29. The Labute approximate surface area is 138 Å². The van der Waals surface area contributed by atoms with E-state index in [0.29, 0.717) is 11.7 Å². The van der Waals surface area contributed by atoms with E-state index in [4.69, 9.17) is 4.98 Å². The van der Waals surface area contributed by atoms with Crippen LogP contribution in [-0.2, 0) is 6.42 Å². The summed E-state index contributed by atoms with van der Waals surface area (Å²) in [4.78, 5) is 13.9. The molecule has 0 saturated heterocycles. The lowest BCUT2D eigenvalue weighted by atomic mass is 10.1. The Morgan fingerprint density at radius 1 is 1.29 bits per heavy atom. The average molecular weight is 369 g/mol. The Morgan fingerprint density at radius 2 is 2.05 bits per heavy atom. The average Bonchev–Trinajstić information content (AvgIpc) is 2.86. The van der Waals surface area contributed by atoms with Gasteiger partial charge in [-0.3, -0.25) is 0 Å². The molecule has 0 amide bonds. The highest BCUT2D eigenvalue weighted by Crippen LogP contribution is 2.29. The molecule has 0 saturated carbocycles. The molecule has 0 atom stereocenters. The standard InChI is InChI=1S/C15H21BrN4S/c1-5-6-17-15-13(16)11(7-9(2)3)19-14(20-15)12-8-21-10(4)18-12/h8-9H,5-7H2,1-4H3,(H,17,19,20). The molecule has 2 rings (SSSR count). The van der Waals surface area contributed by atoms with Crippen LogP contribution in [0.15, 0.2) is 9.85 Å². The van der Waals surface area contributed by atoms with Crippen molar-refractivity contribution in [2.45, 2.75) is 40.5 Å². The maximum atomic E-state index is 4.71. The number of hydrogen-bond acceptors (Lipinski definition) is 5.